The minimum atomic E-state index is 0.426. The Hall–Kier alpha value is -1.32. The van der Waals surface area contributed by atoms with Crippen LogP contribution in [0.2, 0.25) is 0 Å². The highest BCUT2D eigenvalue weighted by Gasteiger charge is 2.21. The fraction of sp³-hybridized carbons (Fsp3) is 0.375. The van der Waals surface area contributed by atoms with Gasteiger partial charge in [0.25, 0.3) is 0 Å². The van der Waals surface area contributed by atoms with Crippen LogP contribution in [0.25, 0.3) is 0 Å². The Morgan fingerprint density at radius 2 is 2.21 bits per heavy atom. The maximum Gasteiger partial charge on any atom is 0.122 e. The molecule has 3 rings (SSSR count). The van der Waals surface area contributed by atoms with Crippen LogP contribution in [-0.2, 0) is 0 Å². The van der Waals surface area contributed by atoms with E-state index >= 15 is 0 Å². The van der Waals surface area contributed by atoms with Crippen molar-refractivity contribution in [3.63, 3.8) is 0 Å². The zero-order chi connectivity index (χ0) is 13.1. The van der Waals surface area contributed by atoms with Crippen molar-refractivity contribution in [3.05, 3.63) is 52.2 Å². The molecule has 1 aromatic heterocycles. The van der Waals surface area contributed by atoms with Crippen LogP contribution in [0.1, 0.15) is 35.7 Å². The van der Waals surface area contributed by atoms with E-state index in [1.54, 1.807) is 0 Å². The van der Waals surface area contributed by atoms with Gasteiger partial charge in [0.05, 0.1) is 6.61 Å². The molecule has 100 valence electrons. The van der Waals surface area contributed by atoms with Gasteiger partial charge in [0, 0.05) is 23.4 Å². The number of fused-ring (bicyclic) bond motifs is 1. The number of thiophene rings is 1. The van der Waals surface area contributed by atoms with Crippen LogP contribution >= 0.6 is 11.3 Å². The second-order valence-electron chi connectivity index (χ2n) is 5.02. The lowest BCUT2D eigenvalue weighted by Crippen LogP contribution is -2.27. The summed E-state index contributed by atoms with van der Waals surface area (Å²) in [5.41, 5.74) is 1.35. The van der Waals surface area contributed by atoms with Gasteiger partial charge in [-0.2, -0.15) is 0 Å². The van der Waals surface area contributed by atoms with E-state index in [0.29, 0.717) is 12.0 Å². The zero-order valence-electron chi connectivity index (χ0n) is 11.1. The maximum absolute atomic E-state index is 5.71. The molecule has 2 nitrogen and oxygen atoms in total. The molecule has 1 aliphatic rings. The van der Waals surface area contributed by atoms with Gasteiger partial charge in [-0.15, -0.1) is 11.3 Å². The van der Waals surface area contributed by atoms with E-state index < -0.39 is 0 Å². The average Bonchev–Trinajstić information content (AvgIpc) is 2.99. The van der Waals surface area contributed by atoms with Crippen LogP contribution in [0, 0.1) is 0 Å². The Labute approximate surface area is 118 Å². The predicted molar refractivity (Wildman–Crippen MR) is 80.0 cm³/mol. The summed E-state index contributed by atoms with van der Waals surface area (Å²) in [6.07, 6.45) is 1.10. The third-order valence-corrected chi connectivity index (χ3v) is 4.78. The van der Waals surface area contributed by atoms with E-state index in [9.17, 15) is 0 Å². The summed E-state index contributed by atoms with van der Waals surface area (Å²) in [4.78, 5) is 1.40. The van der Waals surface area contributed by atoms with Crippen molar-refractivity contribution in [2.75, 3.05) is 13.2 Å². The van der Waals surface area contributed by atoms with Gasteiger partial charge >= 0.3 is 0 Å². The molecule has 0 spiro atoms. The van der Waals surface area contributed by atoms with Gasteiger partial charge in [0.15, 0.2) is 0 Å². The Bertz CT molecular complexity index is 523. The first kappa shape index (κ1) is 12.7. The molecule has 2 atom stereocenters. The van der Waals surface area contributed by atoms with Gasteiger partial charge in [0.2, 0.25) is 0 Å². The highest BCUT2D eigenvalue weighted by molar-refractivity contribution is 7.10. The van der Waals surface area contributed by atoms with Gasteiger partial charge < -0.3 is 10.1 Å². The number of hydrogen-bond donors (Lipinski definition) is 1. The molecule has 19 heavy (non-hydrogen) atoms. The van der Waals surface area contributed by atoms with Gasteiger partial charge in [-0.05, 0) is 36.4 Å². The molecule has 1 aliphatic heterocycles. The summed E-state index contributed by atoms with van der Waals surface area (Å²) in [5.74, 6) is 1.62. The summed E-state index contributed by atoms with van der Waals surface area (Å²) < 4.78 is 5.71. The summed E-state index contributed by atoms with van der Waals surface area (Å²) in [6, 6.07) is 13.1. The molecule has 2 heterocycles. The van der Waals surface area contributed by atoms with E-state index in [-0.39, 0.29) is 0 Å². The summed E-state index contributed by atoms with van der Waals surface area (Å²) in [6.45, 7) is 4.08. The van der Waals surface area contributed by atoms with Crippen molar-refractivity contribution < 1.29 is 4.74 Å². The lowest BCUT2D eigenvalue weighted by Gasteiger charge is -2.27. The summed E-state index contributed by atoms with van der Waals surface area (Å²) in [5, 5.41) is 5.79. The van der Waals surface area contributed by atoms with Crippen molar-refractivity contribution in [2.24, 2.45) is 0 Å². The van der Waals surface area contributed by atoms with Crippen LogP contribution in [0.15, 0.2) is 41.8 Å². The minimum Gasteiger partial charge on any atom is -0.493 e. The molecule has 1 N–H and O–H groups in total. The Kier molecular flexibility index (Phi) is 3.85. The lowest BCUT2D eigenvalue weighted by atomic mass is 9.93. The lowest BCUT2D eigenvalue weighted by molar-refractivity contribution is 0.263. The van der Waals surface area contributed by atoms with E-state index in [2.05, 4.69) is 48.0 Å². The zero-order valence-corrected chi connectivity index (χ0v) is 12.0. The van der Waals surface area contributed by atoms with E-state index in [1.165, 1.54) is 10.4 Å². The van der Waals surface area contributed by atoms with Gasteiger partial charge in [0.1, 0.15) is 5.75 Å². The number of ether oxygens (including phenoxy) is 1. The number of nitrogens with one attached hydrogen (secondary N) is 1. The predicted octanol–water partition coefficient (Wildman–Crippen LogP) is 3.97. The molecule has 0 saturated heterocycles. The Morgan fingerprint density at radius 1 is 1.32 bits per heavy atom. The molecular weight excluding hydrogens is 254 g/mol. The van der Waals surface area contributed by atoms with Crippen molar-refractivity contribution >= 4 is 11.3 Å². The Morgan fingerprint density at radius 3 is 3.05 bits per heavy atom. The highest BCUT2D eigenvalue weighted by Crippen LogP contribution is 2.33. The standard InChI is InChI=1S/C16H19NOS/c1-12(16-7-4-10-19-16)17-11-13-8-9-18-15-6-3-2-5-14(13)15/h2-7,10,12-13,17H,8-9,11H2,1H3/t12-,13?/m1/s1. The minimum absolute atomic E-state index is 0.426. The maximum atomic E-state index is 5.71. The third-order valence-electron chi connectivity index (χ3n) is 3.72. The first-order chi connectivity index (χ1) is 9.34. The van der Waals surface area contributed by atoms with E-state index in [1.807, 2.05) is 17.4 Å². The largest absolute Gasteiger partial charge is 0.493 e. The van der Waals surface area contributed by atoms with Crippen molar-refractivity contribution in [2.45, 2.75) is 25.3 Å². The normalized spacial score (nSPS) is 19.5. The molecule has 1 unspecified atom stereocenters. The first-order valence-electron chi connectivity index (χ1n) is 6.83. The quantitative estimate of drug-likeness (QED) is 0.910. The van der Waals surface area contributed by atoms with Gasteiger partial charge in [-0.25, -0.2) is 0 Å². The van der Waals surface area contributed by atoms with Crippen molar-refractivity contribution in [1.82, 2.24) is 5.32 Å². The highest BCUT2D eigenvalue weighted by atomic mass is 32.1. The van der Waals surface area contributed by atoms with E-state index in [0.717, 1.165) is 25.3 Å². The molecule has 0 radical (unpaired) electrons. The molecule has 2 aromatic rings. The molecule has 3 heteroatoms. The molecule has 0 amide bonds. The molecule has 0 aliphatic carbocycles. The third kappa shape index (κ3) is 2.82. The Balaban J connectivity index is 1.65. The number of hydrogen-bond acceptors (Lipinski definition) is 3. The van der Waals surface area contributed by atoms with E-state index in [4.69, 9.17) is 4.74 Å². The number of benzene rings is 1. The smallest absolute Gasteiger partial charge is 0.122 e. The number of rotatable bonds is 4. The monoisotopic (exact) mass is 273 g/mol. The van der Waals surface area contributed by atoms with Crippen LogP contribution in [0.3, 0.4) is 0 Å². The van der Waals surface area contributed by atoms with Gasteiger partial charge in [-0.1, -0.05) is 24.3 Å². The fourth-order valence-corrected chi connectivity index (χ4v) is 3.34. The molecule has 0 saturated carbocycles. The fourth-order valence-electron chi connectivity index (χ4n) is 2.59. The summed E-state index contributed by atoms with van der Waals surface area (Å²) >= 11 is 1.82. The molecular formula is C16H19NOS. The average molecular weight is 273 g/mol. The second kappa shape index (κ2) is 5.76. The summed E-state index contributed by atoms with van der Waals surface area (Å²) in [7, 11) is 0. The van der Waals surface area contributed by atoms with Crippen molar-refractivity contribution in [3.8, 4) is 5.75 Å². The second-order valence-corrected chi connectivity index (χ2v) is 6.00. The molecule has 0 bridgehead atoms. The topological polar surface area (TPSA) is 21.3 Å². The number of para-hydroxylation sites is 1. The molecule has 0 fully saturated rings. The van der Waals surface area contributed by atoms with Crippen LogP contribution in [0.4, 0.5) is 0 Å². The van der Waals surface area contributed by atoms with Crippen LogP contribution < -0.4 is 10.1 Å². The van der Waals surface area contributed by atoms with Crippen molar-refractivity contribution in [1.29, 1.82) is 0 Å². The van der Waals surface area contributed by atoms with Crippen LogP contribution in [0.5, 0.6) is 5.75 Å². The van der Waals surface area contributed by atoms with Gasteiger partial charge in [-0.3, -0.25) is 0 Å². The SMILES string of the molecule is C[C@@H](NCC1CCOc2ccccc21)c1cccs1. The molecule has 1 aromatic carbocycles. The van der Waals surface area contributed by atoms with Crippen LogP contribution in [-0.4, -0.2) is 13.2 Å². The first-order valence-corrected chi connectivity index (χ1v) is 7.71.